The molecule has 124 valence electrons. The molecular weight excluding hydrogens is 356 g/mol. The minimum Gasteiger partial charge on any atom is -0.310 e. The first kappa shape index (κ1) is 15.8. The van der Waals surface area contributed by atoms with Crippen LogP contribution >= 0.6 is 22.9 Å². The molecule has 0 radical (unpaired) electrons. The molecule has 0 saturated heterocycles. The molecule has 0 aliphatic carbocycles. The molecular formula is C18H13ClN4OS. The topological polar surface area (TPSA) is 50.5 Å². The molecule has 7 heteroatoms. The summed E-state index contributed by atoms with van der Waals surface area (Å²) in [6.07, 6.45) is 3.47. The predicted octanol–water partition coefficient (Wildman–Crippen LogP) is 4.39. The number of amides is 1. The van der Waals surface area contributed by atoms with E-state index in [9.17, 15) is 4.79 Å². The first-order valence-corrected chi connectivity index (χ1v) is 8.81. The van der Waals surface area contributed by atoms with E-state index in [2.05, 4.69) is 9.97 Å². The highest BCUT2D eigenvalue weighted by Gasteiger charge is 2.25. The Morgan fingerprint density at radius 3 is 2.72 bits per heavy atom. The van der Waals surface area contributed by atoms with Gasteiger partial charge in [-0.3, -0.25) is 9.20 Å². The molecule has 4 aromatic rings. The van der Waals surface area contributed by atoms with E-state index >= 15 is 0 Å². The van der Waals surface area contributed by atoms with E-state index in [0.29, 0.717) is 22.2 Å². The molecule has 0 bridgehead atoms. The van der Waals surface area contributed by atoms with Crippen LogP contribution in [0.15, 0.2) is 60.2 Å². The average molecular weight is 369 g/mol. The highest BCUT2D eigenvalue weighted by molar-refractivity contribution is 7.13. The van der Waals surface area contributed by atoms with E-state index in [1.807, 2.05) is 29.6 Å². The number of carbonyl (C=O) groups excluding carboxylic acids is 1. The van der Waals surface area contributed by atoms with Crippen molar-refractivity contribution in [1.29, 1.82) is 0 Å². The van der Waals surface area contributed by atoms with Crippen LogP contribution in [-0.2, 0) is 0 Å². The number of fused-ring (bicyclic) bond motifs is 1. The third kappa shape index (κ3) is 2.79. The number of anilines is 1. The number of thiophene rings is 1. The van der Waals surface area contributed by atoms with Gasteiger partial charge in [0.25, 0.3) is 5.91 Å². The largest absolute Gasteiger partial charge is 0.310 e. The lowest BCUT2D eigenvalue weighted by Crippen LogP contribution is -2.27. The number of nitrogens with zero attached hydrogens (tertiary/aromatic N) is 4. The van der Waals surface area contributed by atoms with Crippen molar-refractivity contribution in [3.8, 4) is 10.6 Å². The maximum absolute atomic E-state index is 13.2. The van der Waals surface area contributed by atoms with Crippen LogP contribution in [0.25, 0.3) is 16.3 Å². The highest BCUT2D eigenvalue weighted by atomic mass is 35.5. The molecule has 0 saturated carbocycles. The molecule has 0 aliphatic heterocycles. The molecule has 25 heavy (non-hydrogen) atoms. The Morgan fingerprint density at radius 2 is 2.00 bits per heavy atom. The van der Waals surface area contributed by atoms with Gasteiger partial charge in [-0.2, -0.15) is 0 Å². The first-order chi connectivity index (χ1) is 12.1. The van der Waals surface area contributed by atoms with Gasteiger partial charge < -0.3 is 4.90 Å². The van der Waals surface area contributed by atoms with E-state index in [4.69, 9.17) is 11.6 Å². The van der Waals surface area contributed by atoms with Gasteiger partial charge in [-0.15, -0.1) is 11.3 Å². The van der Waals surface area contributed by atoms with E-state index < -0.39 is 0 Å². The van der Waals surface area contributed by atoms with E-state index in [1.54, 1.807) is 58.3 Å². The van der Waals surface area contributed by atoms with Crippen LogP contribution in [0.3, 0.4) is 0 Å². The number of hydrogen-bond acceptors (Lipinski definition) is 4. The normalized spacial score (nSPS) is 11.0. The molecule has 1 amide bonds. The number of rotatable bonds is 3. The van der Waals surface area contributed by atoms with Crippen LogP contribution in [-0.4, -0.2) is 27.3 Å². The summed E-state index contributed by atoms with van der Waals surface area (Å²) in [6, 6.07) is 12.8. The third-order valence-electron chi connectivity index (χ3n) is 3.88. The van der Waals surface area contributed by atoms with Gasteiger partial charge in [-0.25, -0.2) is 9.97 Å². The van der Waals surface area contributed by atoms with Crippen LogP contribution < -0.4 is 4.90 Å². The molecule has 0 N–H and O–H groups in total. The maximum Gasteiger partial charge on any atom is 0.277 e. The maximum atomic E-state index is 13.2. The minimum absolute atomic E-state index is 0.161. The van der Waals surface area contributed by atoms with Crippen molar-refractivity contribution in [2.24, 2.45) is 0 Å². The van der Waals surface area contributed by atoms with Gasteiger partial charge in [0.15, 0.2) is 0 Å². The highest BCUT2D eigenvalue weighted by Crippen LogP contribution is 2.29. The summed E-state index contributed by atoms with van der Waals surface area (Å²) < 4.78 is 1.73. The Bertz CT molecular complexity index is 1040. The van der Waals surface area contributed by atoms with E-state index in [0.717, 1.165) is 10.6 Å². The zero-order valence-corrected chi connectivity index (χ0v) is 14.8. The number of benzene rings is 1. The Kier molecular flexibility index (Phi) is 3.99. The second-order valence-corrected chi connectivity index (χ2v) is 6.80. The number of imidazole rings is 1. The van der Waals surface area contributed by atoms with Crippen molar-refractivity contribution >= 4 is 40.3 Å². The van der Waals surface area contributed by atoms with Crippen LogP contribution in [0, 0.1) is 0 Å². The van der Waals surface area contributed by atoms with Gasteiger partial charge in [0.1, 0.15) is 11.4 Å². The lowest BCUT2D eigenvalue weighted by molar-refractivity contribution is 0.0988. The zero-order chi connectivity index (χ0) is 17.4. The SMILES string of the molecule is CN(C(=O)c1c(-c2cccs2)nc2ncccn12)c1ccc(Cl)cc1. The fourth-order valence-corrected chi connectivity index (χ4v) is 3.46. The van der Waals surface area contributed by atoms with Crippen molar-refractivity contribution in [1.82, 2.24) is 14.4 Å². The van der Waals surface area contributed by atoms with Crippen molar-refractivity contribution in [2.75, 3.05) is 11.9 Å². The molecule has 4 rings (SSSR count). The average Bonchev–Trinajstić information content (AvgIpc) is 3.28. The Morgan fingerprint density at radius 1 is 1.20 bits per heavy atom. The first-order valence-electron chi connectivity index (χ1n) is 7.56. The van der Waals surface area contributed by atoms with Crippen LogP contribution in [0.5, 0.6) is 0 Å². The molecule has 0 atom stereocenters. The van der Waals surface area contributed by atoms with Crippen molar-refractivity contribution in [3.63, 3.8) is 0 Å². The number of halogens is 1. The number of aromatic nitrogens is 3. The minimum atomic E-state index is -0.161. The molecule has 0 fully saturated rings. The van der Waals surface area contributed by atoms with E-state index in [-0.39, 0.29) is 5.91 Å². The summed E-state index contributed by atoms with van der Waals surface area (Å²) in [5.74, 6) is 0.338. The lowest BCUT2D eigenvalue weighted by Gasteiger charge is -2.17. The van der Waals surface area contributed by atoms with Gasteiger partial charge in [0.05, 0.1) is 4.88 Å². The smallest absolute Gasteiger partial charge is 0.277 e. The fraction of sp³-hybridized carbons (Fsp3) is 0.0556. The number of carbonyl (C=O) groups is 1. The van der Waals surface area contributed by atoms with Crippen molar-refractivity contribution in [2.45, 2.75) is 0 Å². The standard InChI is InChI=1S/C18H13ClN4OS/c1-22(13-7-5-12(19)6-8-13)17(24)16-15(14-4-2-11-25-14)21-18-20-9-3-10-23(16)18/h2-11H,1H3. The molecule has 1 aromatic carbocycles. The third-order valence-corrected chi connectivity index (χ3v) is 5.01. The van der Waals surface area contributed by atoms with Gasteiger partial charge in [0, 0.05) is 30.2 Å². The Balaban J connectivity index is 1.86. The van der Waals surface area contributed by atoms with Gasteiger partial charge in [0.2, 0.25) is 5.78 Å². The molecule has 0 aliphatic rings. The predicted molar refractivity (Wildman–Crippen MR) is 100 cm³/mol. The summed E-state index contributed by atoms with van der Waals surface area (Å²) in [6.45, 7) is 0. The van der Waals surface area contributed by atoms with Gasteiger partial charge in [-0.1, -0.05) is 17.7 Å². The number of hydrogen-bond donors (Lipinski definition) is 0. The van der Waals surface area contributed by atoms with Crippen molar-refractivity contribution < 1.29 is 4.79 Å². The van der Waals surface area contributed by atoms with Crippen LogP contribution in [0.4, 0.5) is 5.69 Å². The van der Waals surface area contributed by atoms with E-state index in [1.165, 1.54) is 0 Å². The second kappa shape index (κ2) is 6.31. The fourth-order valence-electron chi connectivity index (χ4n) is 2.62. The molecule has 0 spiro atoms. The molecule has 3 heterocycles. The Labute approximate surface area is 153 Å². The summed E-state index contributed by atoms with van der Waals surface area (Å²) in [4.78, 5) is 24.6. The van der Waals surface area contributed by atoms with Crippen LogP contribution in [0.1, 0.15) is 10.5 Å². The molecule has 0 unspecified atom stereocenters. The summed E-state index contributed by atoms with van der Waals surface area (Å²) >= 11 is 7.48. The van der Waals surface area contributed by atoms with Gasteiger partial charge >= 0.3 is 0 Å². The zero-order valence-electron chi connectivity index (χ0n) is 13.3. The molecule has 3 aromatic heterocycles. The summed E-state index contributed by atoms with van der Waals surface area (Å²) in [7, 11) is 1.74. The quantitative estimate of drug-likeness (QED) is 0.539. The summed E-state index contributed by atoms with van der Waals surface area (Å²) in [5, 5.41) is 2.59. The molecule has 5 nitrogen and oxygen atoms in total. The van der Waals surface area contributed by atoms with Gasteiger partial charge in [-0.05, 0) is 41.8 Å². The van der Waals surface area contributed by atoms with Crippen LogP contribution in [0.2, 0.25) is 5.02 Å². The Hall–Kier alpha value is -2.70. The monoisotopic (exact) mass is 368 g/mol. The summed E-state index contributed by atoms with van der Waals surface area (Å²) in [5.41, 5.74) is 1.88. The second-order valence-electron chi connectivity index (χ2n) is 5.42. The van der Waals surface area contributed by atoms with Crippen molar-refractivity contribution in [3.05, 3.63) is 71.0 Å². The lowest BCUT2D eigenvalue weighted by atomic mass is 10.2.